The molecule has 0 bridgehead atoms. The van der Waals surface area contributed by atoms with E-state index in [-0.39, 0.29) is 18.0 Å². The van der Waals surface area contributed by atoms with E-state index in [1.807, 2.05) is 0 Å². The van der Waals surface area contributed by atoms with Crippen LogP contribution in [0.15, 0.2) is 23.1 Å². The van der Waals surface area contributed by atoms with Gasteiger partial charge in [0.05, 0.1) is 11.5 Å². The van der Waals surface area contributed by atoms with Gasteiger partial charge in [0.15, 0.2) is 0 Å². The van der Waals surface area contributed by atoms with Crippen molar-refractivity contribution in [3.05, 3.63) is 23.8 Å². The first-order chi connectivity index (χ1) is 8.83. The Bertz CT molecular complexity index is 521. The molecule has 0 aliphatic heterocycles. The Labute approximate surface area is 110 Å². The van der Waals surface area contributed by atoms with Gasteiger partial charge in [-0.1, -0.05) is 0 Å². The lowest BCUT2D eigenvalue weighted by molar-refractivity contribution is 0.0199. The van der Waals surface area contributed by atoms with Gasteiger partial charge in [0, 0.05) is 12.2 Å². The van der Waals surface area contributed by atoms with E-state index in [0.717, 1.165) is 0 Å². The molecule has 0 aromatic heterocycles. The van der Waals surface area contributed by atoms with Crippen LogP contribution in [0.3, 0.4) is 0 Å². The number of anilines is 1. The average molecular weight is 294 g/mol. The molecule has 0 amide bonds. The predicted molar refractivity (Wildman–Crippen MR) is 67.6 cm³/mol. The molecule has 0 heterocycles. The molecule has 0 unspecified atom stereocenters. The molecule has 0 spiro atoms. The zero-order valence-corrected chi connectivity index (χ0v) is 11.2. The molecule has 0 fully saturated rings. The summed E-state index contributed by atoms with van der Waals surface area (Å²) in [5, 5.41) is 0. The number of nitrogens with two attached hydrogens (primary N) is 1. The summed E-state index contributed by atoms with van der Waals surface area (Å²) < 4.78 is 54.0. The van der Waals surface area contributed by atoms with Crippen LogP contribution in [0.1, 0.15) is 5.56 Å². The number of nitrogens with one attached hydrogen (secondary N) is 1. The minimum Gasteiger partial charge on any atom is -0.399 e. The van der Waals surface area contributed by atoms with Crippen LogP contribution in [0, 0.1) is 6.92 Å². The van der Waals surface area contributed by atoms with Gasteiger partial charge in [-0.15, -0.1) is 0 Å². The van der Waals surface area contributed by atoms with Gasteiger partial charge in [-0.05, 0) is 30.7 Å². The Hall–Kier alpha value is -1.25. The molecular weight excluding hydrogens is 278 g/mol. The second kappa shape index (κ2) is 6.78. The van der Waals surface area contributed by atoms with Crippen LogP contribution in [0.2, 0.25) is 0 Å². The van der Waals surface area contributed by atoms with Gasteiger partial charge in [-0.25, -0.2) is 21.9 Å². The first-order valence-electron chi connectivity index (χ1n) is 5.54. The second-order valence-corrected chi connectivity index (χ2v) is 5.65. The molecule has 0 saturated heterocycles. The Balaban J connectivity index is 2.54. The first-order valence-corrected chi connectivity index (χ1v) is 7.03. The van der Waals surface area contributed by atoms with E-state index in [4.69, 9.17) is 5.73 Å². The minimum atomic E-state index is -3.67. The third-order valence-corrected chi connectivity index (χ3v) is 3.79. The molecule has 1 aromatic carbocycles. The zero-order chi connectivity index (χ0) is 14.5. The van der Waals surface area contributed by atoms with Crippen LogP contribution in [0.5, 0.6) is 0 Å². The third-order valence-electron chi connectivity index (χ3n) is 2.33. The van der Waals surface area contributed by atoms with Crippen LogP contribution < -0.4 is 10.5 Å². The number of benzene rings is 1. The van der Waals surface area contributed by atoms with Crippen molar-refractivity contribution >= 4 is 15.7 Å². The summed E-state index contributed by atoms with van der Waals surface area (Å²) in [5.74, 6) is 0. The van der Waals surface area contributed by atoms with Gasteiger partial charge in [-0.2, -0.15) is 0 Å². The predicted octanol–water partition coefficient (Wildman–Crippen LogP) is 1.14. The molecule has 5 nitrogen and oxygen atoms in total. The smallest absolute Gasteiger partial charge is 0.261 e. The molecule has 8 heteroatoms. The lowest BCUT2D eigenvalue weighted by atomic mass is 10.2. The molecule has 0 aliphatic carbocycles. The summed E-state index contributed by atoms with van der Waals surface area (Å²) in [6, 6.07) is 4.32. The first kappa shape index (κ1) is 15.8. The second-order valence-electron chi connectivity index (χ2n) is 3.88. The monoisotopic (exact) mass is 294 g/mol. The van der Waals surface area contributed by atoms with Gasteiger partial charge < -0.3 is 10.5 Å². The molecule has 0 atom stereocenters. The number of rotatable bonds is 7. The lowest BCUT2D eigenvalue weighted by Gasteiger charge is -2.09. The maximum absolute atomic E-state index is 11.8. The summed E-state index contributed by atoms with van der Waals surface area (Å²) in [4.78, 5) is 0.0769. The molecular formula is C11H16F2N2O3S. The molecule has 19 heavy (non-hydrogen) atoms. The summed E-state index contributed by atoms with van der Waals surface area (Å²) in [6.07, 6.45) is -2.56. The van der Waals surface area contributed by atoms with E-state index >= 15 is 0 Å². The summed E-state index contributed by atoms with van der Waals surface area (Å²) in [5.41, 5.74) is 6.74. The molecule has 108 valence electrons. The molecule has 1 rings (SSSR count). The quantitative estimate of drug-likeness (QED) is 0.583. The number of hydrogen-bond acceptors (Lipinski definition) is 4. The van der Waals surface area contributed by atoms with E-state index in [1.54, 1.807) is 6.92 Å². The fraction of sp³-hybridized carbons (Fsp3) is 0.455. The zero-order valence-electron chi connectivity index (χ0n) is 10.4. The van der Waals surface area contributed by atoms with Crippen LogP contribution in [0.25, 0.3) is 0 Å². The van der Waals surface area contributed by atoms with Crippen molar-refractivity contribution in [3.63, 3.8) is 0 Å². The number of sulfonamides is 1. The molecule has 1 aromatic rings. The fourth-order valence-electron chi connectivity index (χ4n) is 1.32. The highest BCUT2D eigenvalue weighted by molar-refractivity contribution is 7.89. The number of ether oxygens (including phenoxy) is 1. The van der Waals surface area contributed by atoms with Crippen LogP contribution in [-0.2, 0) is 14.8 Å². The van der Waals surface area contributed by atoms with Crippen LogP contribution in [-0.4, -0.2) is 34.6 Å². The Morgan fingerprint density at radius 3 is 2.68 bits per heavy atom. The molecule has 0 aliphatic rings. The highest BCUT2D eigenvalue weighted by Gasteiger charge is 2.14. The number of nitrogen functional groups attached to an aromatic ring is 1. The highest BCUT2D eigenvalue weighted by Crippen LogP contribution is 2.16. The molecule has 0 radical (unpaired) electrons. The Morgan fingerprint density at radius 2 is 2.11 bits per heavy atom. The Kier molecular flexibility index (Phi) is 5.64. The van der Waals surface area contributed by atoms with E-state index in [2.05, 4.69) is 9.46 Å². The number of halogens is 2. The SMILES string of the molecule is Cc1cc(S(=O)(=O)NCCOCC(F)F)ccc1N. The van der Waals surface area contributed by atoms with Crippen LogP contribution in [0.4, 0.5) is 14.5 Å². The number of hydrogen-bond donors (Lipinski definition) is 2. The maximum Gasteiger partial charge on any atom is 0.261 e. The fourth-order valence-corrected chi connectivity index (χ4v) is 2.42. The van der Waals surface area contributed by atoms with Crippen molar-refractivity contribution in [2.45, 2.75) is 18.2 Å². The van der Waals surface area contributed by atoms with Gasteiger partial charge in [0.25, 0.3) is 6.43 Å². The Morgan fingerprint density at radius 1 is 1.42 bits per heavy atom. The minimum absolute atomic E-state index is 0.0710. The summed E-state index contributed by atoms with van der Waals surface area (Å²) in [7, 11) is -3.67. The highest BCUT2D eigenvalue weighted by atomic mass is 32.2. The summed E-state index contributed by atoms with van der Waals surface area (Å²) >= 11 is 0. The van der Waals surface area contributed by atoms with Crippen molar-refractivity contribution in [2.75, 3.05) is 25.5 Å². The standard InChI is InChI=1S/C11H16F2N2O3S/c1-8-6-9(2-3-10(8)14)19(16,17)15-4-5-18-7-11(12)13/h2-3,6,11,15H,4-5,7,14H2,1H3. The molecule has 0 saturated carbocycles. The number of aryl methyl sites for hydroxylation is 1. The number of alkyl halides is 2. The van der Waals surface area contributed by atoms with E-state index < -0.39 is 23.1 Å². The third kappa shape index (κ3) is 5.09. The van der Waals surface area contributed by atoms with Crippen molar-refractivity contribution in [2.24, 2.45) is 0 Å². The van der Waals surface area contributed by atoms with Gasteiger partial charge in [0.1, 0.15) is 6.61 Å². The van der Waals surface area contributed by atoms with Crippen molar-refractivity contribution < 1.29 is 21.9 Å². The van der Waals surface area contributed by atoms with Gasteiger partial charge in [-0.3, -0.25) is 0 Å². The topological polar surface area (TPSA) is 81.4 Å². The summed E-state index contributed by atoms with van der Waals surface area (Å²) in [6.45, 7) is 0.804. The van der Waals surface area contributed by atoms with Crippen LogP contribution >= 0.6 is 0 Å². The van der Waals surface area contributed by atoms with Crippen molar-refractivity contribution in [1.29, 1.82) is 0 Å². The maximum atomic E-state index is 11.8. The van der Waals surface area contributed by atoms with Gasteiger partial charge >= 0.3 is 0 Å². The largest absolute Gasteiger partial charge is 0.399 e. The molecule has 3 N–H and O–H groups in total. The van der Waals surface area contributed by atoms with E-state index in [1.165, 1.54) is 18.2 Å². The van der Waals surface area contributed by atoms with Crippen molar-refractivity contribution in [1.82, 2.24) is 4.72 Å². The normalized spacial score (nSPS) is 12.0. The average Bonchev–Trinajstić information content (AvgIpc) is 2.31. The van der Waals surface area contributed by atoms with Crippen molar-refractivity contribution in [3.8, 4) is 0 Å². The van der Waals surface area contributed by atoms with Gasteiger partial charge in [0.2, 0.25) is 10.0 Å². The van der Waals surface area contributed by atoms with E-state index in [0.29, 0.717) is 11.3 Å². The lowest BCUT2D eigenvalue weighted by Crippen LogP contribution is -2.28. The van der Waals surface area contributed by atoms with E-state index in [9.17, 15) is 17.2 Å².